The largest absolute Gasteiger partial charge is 0.351 e. The monoisotopic (exact) mass is 360 g/mol. The van der Waals surface area contributed by atoms with E-state index in [1.807, 2.05) is 65.5 Å². The maximum absolute atomic E-state index is 12.7. The Morgan fingerprint density at radius 1 is 1.11 bits per heavy atom. The van der Waals surface area contributed by atoms with Crippen molar-refractivity contribution in [2.75, 3.05) is 5.32 Å². The molecule has 0 radical (unpaired) electrons. The van der Waals surface area contributed by atoms with E-state index in [2.05, 4.69) is 15.7 Å². The molecule has 2 aromatic carbocycles. The number of nitrogens with one attached hydrogen (secondary N) is 2. The molecule has 0 fully saturated rings. The van der Waals surface area contributed by atoms with Crippen LogP contribution in [0.2, 0.25) is 0 Å². The number of carbonyl (C=O) groups is 2. The molecule has 1 atom stereocenters. The standard InChI is InChI=1S/C21H20N4O2/c26-20-12-18(17-4-1-2-5-19(17)24-20)21(27)22-13-15-6-8-16(9-7-15)14-25-11-3-10-23-25/h1-11,18H,12-14H2,(H,22,27)(H,24,26)/t18-/m0/s1. The summed E-state index contributed by atoms with van der Waals surface area (Å²) in [5.41, 5.74) is 3.74. The van der Waals surface area contributed by atoms with E-state index in [1.54, 1.807) is 6.20 Å². The van der Waals surface area contributed by atoms with Crippen molar-refractivity contribution in [2.24, 2.45) is 0 Å². The van der Waals surface area contributed by atoms with E-state index in [0.717, 1.165) is 22.4 Å². The van der Waals surface area contributed by atoms with Crippen LogP contribution in [-0.2, 0) is 22.7 Å². The van der Waals surface area contributed by atoms with Crippen molar-refractivity contribution >= 4 is 17.5 Å². The van der Waals surface area contributed by atoms with Crippen LogP contribution in [0.3, 0.4) is 0 Å². The van der Waals surface area contributed by atoms with E-state index >= 15 is 0 Å². The molecule has 0 saturated carbocycles. The summed E-state index contributed by atoms with van der Waals surface area (Å²) in [4.78, 5) is 24.5. The zero-order valence-electron chi connectivity index (χ0n) is 14.8. The number of amides is 2. The lowest BCUT2D eigenvalue weighted by Crippen LogP contribution is -2.34. The molecule has 0 aliphatic carbocycles. The number of rotatable bonds is 5. The van der Waals surface area contributed by atoms with Gasteiger partial charge in [0.1, 0.15) is 0 Å². The van der Waals surface area contributed by atoms with Crippen molar-refractivity contribution in [2.45, 2.75) is 25.4 Å². The molecule has 0 spiro atoms. The second-order valence-corrected chi connectivity index (χ2v) is 6.63. The third-order valence-corrected chi connectivity index (χ3v) is 4.71. The smallest absolute Gasteiger partial charge is 0.228 e. The number of fused-ring (bicyclic) bond motifs is 1. The highest BCUT2D eigenvalue weighted by Crippen LogP contribution is 2.32. The predicted molar refractivity (Wildman–Crippen MR) is 102 cm³/mol. The molecule has 2 heterocycles. The molecule has 0 unspecified atom stereocenters. The maximum atomic E-state index is 12.7. The molecular weight excluding hydrogens is 340 g/mol. The van der Waals surface area contributed by atoms with E-state index in [-0.39, 0.29) is 18.2 Å². The fraction of sp³-hybridized carbons (Fsp3) is 0.190. The minimum Gasteiger partial charge on any atom is -0.351 e. The van der Waals surface area contributed by atoms with Crippen molar-refractivity contribution < 1.29 is 9.59 Å². The van der Waals surface area contributed by atoms with Gasteiger partial charge in [0.2, 0.25) is 11.8 Å². The summed E-state index contributed by atoms with van der Waals surface area (Å²) in [6, 6.07) is 17.4. The molecule has 0 saturated heterocycles. The van der Waals surface area contributed by atoms with Gasteiger partial charge in [0.05, 0.1) is 12.5 Å². The van der Waals surface area contributed by atoms with E-state index in [1.165, 1.54) is 0 Å². The SMILES string of the molecule is O=C1C[C@H](C(=O)NCc2ccc(Cn3cccn3)cc2)c2ccccc2N1. The topological polar surface area (TPSA) is 76.0 Å². The van der Waals surface area contributed by atoms with E-state index in [4.69, 9.17) is 0 Å². The molecule has 2 amide bonds. The van der Waals surface area contributed by atoms with Gasteiger partial charge in [-0.1, -0.05) is 42.5 Å². The lowest BCUT2D eigenvalue weighted by molar-refractivity contribution is -0.126. The lowest BCUT2D eigenvalue weighted by atomic mass is 9.90. The average Bonchev–Trinajstić information content (AvgIpc) is 3.19. The van der Waals surface area contributed by atoms with Gasteiger partial charge in [0, 0.05) is 31.0 Å². The Balaban J connectivity index is 1.39. The Morgan fingerprint density at radius 3 is 2.67 bits per heavy atom. The molecule has 3 aromatic rings. The van der Waals surface area contributed by atoms with Crippen molar-refractivity contribution in [3.05, 3.63) is 83.7 Å². The van der Waals surface area contributed by atoms with Crippen LogP contribution in [0.4, 0.5) is 5.69 Å². The average molecular weight is 360 g/mol. The van der Waals surface area contributed by atoms with Gasteiger partial charge in [-0.2, -0.15) is 5.10 Å². The minimum atomic E-state index is -0.450. The first-order valence-corrected chi connectivity index (χ1v) is 8.91. The Bertz CT molecular complexity index is 949. The Morgan fingerprint density at radius 2 is 1.89 bits per heavy atom. The molecule has 4 rings (SSSR count). The third kappa shape index (κ3) is 3.89. The molecule has 1 aliphatic heterocycles. The van der Waals surface area contributed by atoms with Crippen molar-refractivity contribution in [1.29, 1.82) is 0 Å². The molecular formula is C21H20N4O2. The van der Waals surface area contributed by atoms with E-state index in [0.29, 0.717) is 13.1 Å². The van der Waals surface area contributed by atoms with Gasteiger partial charge in [-0.15, -0.1) is 0 Å². The number of carbonyl (C=O) groups excluding carboxylic acids is 2. The second-order valence-electron chi connectivity index (χ2n) is 6.63. The van der Waals surface area contributed by atoms with E-state index < -0.39 is 5.92 Å². The maximum Gasteiger partial charge on any atom is 0.228 e. The molecule has 2 N–H and O–H groups in total. The fourth-order valence-corrected chi connectivity index (χ4v) is 3.30. The zero-order valence-corrected chi connectivity index (χ0v) is 14.8. The number of para-hydroxylation sites is 1. The molecule has 136 valence electrons. The summed E-state index contributed by atoms with van der Waals surface area (Å²) < 4.78 is 1.86. The van der Waals surface area contributed by atoms with Gasteiger partial charge in [-0.25, -0.2) is 0 Å². The van der Waals surface area contributed by atoms with Gasteiger partial charge >= 0.3 is 0 Å². The molecule has 1 aromatic heterocycles. The van der Waals surface area contributed by atoms with Crippen molar-refractivity contribution in [1.82, 2.24) is 15.1 Å². The fourth-order valence-electron chi connectivity index (χ4n) is 3.30. The van der Waals surface area contributed by atoms with Crippen LogP contribution in [-0.4, -0.2) is 21.6 Å². The number of hydrogen-bond donors (Lipinski definition) is 2. The van der Waals surface area contributed by atoms with Gasteiger partial charge in [0.25, 0.3) is 0 Å². The van der Waals surface area contributed by atoms with Crippen LogP contribution in [0.25, 0.3) is 0 Å². The van der Waals surface area contributed by atoms with Crippen LogP contribution in [0.15, 0.2) is 67.0 Å². The van der Waals surface area contributed by atoms with Gasteiger partial charge < -0.3 is 10.6 Å². The first kappa shape index (κ1) is 17.0. The van der Waals surface area contributed by atoms with Crippen LogP contribution in [0.1, 0.15) is 29.0 Å². The number of nitrogens with zero attached hydrogens (tertiary/aromatic N) is 2. The van der Waals surface area contributed by atoms with E-state index in [9.17, 15) is 9.59 Å². The van der Waals surface area contributed by atoms with Crippen LogP contribution in [0.5, 0.6) is 0 Å². The van der Waals surface area contributed by atoms with Gasteiger partial charge in [-0.3, -0.25) is 14.3 Å². The summed E-state index contributed by atoms with van der Waals surface area (Å²) in [5, 5.41) is 9.97. The second kappa shape index (κ2) is 7.45. The predicted octanol–water partition coefficient (Wildman–Crippen LogP) is 2.67. The summed E-state index contributed by atoms with van der Waals surface area (Å²) in [6.45, 7) is 1.15. The van der Waals surface area contributed by atoms with Crippen LogP contribution in [0, 0.1) is 0 Å². The molecule has 1 aliphatic rings. The van der Waals surface area contributed by atoms with Gasteiger partial charge in [0.15, 0.2) is 0 Å². The van der Waals surface area contributed by atoms with Gasteiger partial charge in [-0.05, 0) is 28.8 Å². The highest BCUT2D eigenvalue weighted by Gasteiger charge is 2.30. The number of hydrogen-bond acceptors (Lipinski definition) is 3. The van der Waals surface area contributed by atoms with Crippen molar-refractivity contribution in [3.8, 4) is 0 Å². The summed E-state index contributed by atoms with van der Waals surface area (Å²) in [5.74, 6) is -0.705. The number of aromatic nitrogens is 2. The molecule has 6 nitrogen and oxygen atoms in total. The van der Waals surface area contributed by atoms with Crippen LogP contribution >= 0.6 is 0 Å². The number of anilines is 1. The Labute approximate surface area is 157 Å². The number of benzene rings is 2. The Kier molecular flexibility index (Phi) is 4.70. The highest BCUT2D eigenvalue weighted by atomic mass is 16.2. The Hall–Kier alpha value is -3.41. The first-order chi connectivity index (χ1) is 13.2. The molecule has 6 heteroatoms. The summed E-state index contributed by atoms with van der Waals surface area (Å²) in [7, 11) is 0. The highest BCUT2D eigenvalue weighted by molar-refractivity contribution is 6.01. The lowest BCUT2D eigenvalue weighted by Gasteiger charge is -2.24. The molecule has 0 bridgehead atoms. The summed E-state index contributed by atoms with van der Waals surface area (Å²) in [6.07, 6.45) is 3.85. The van der Waals surface area contributed by atoms with Crippen LogP contribution < -0.4 is 10.6 Å². The zero-order chi connectivity index (χ0) is 18.6. The molecule has 27 heavy (non-hydrogen) atoms. The first-order valence-electron chi connectivity index (χ1n) is 8.91. The minimum absolute atomic E-state index is 0.127. The van der Waals surface area contributed by atoms with Crippen molar-refractivity contribution in [3.63, 3.8) is 0 Å². The third-order valence-electron chi connectivity index (χ3n) is 4.71. The summed E-state index contributed by atoms with van der Waals surface area (Å²) >= 11 is 0. The quantitative estimate of drug-likeness (QED) is 0.734. The normalized spacial score (nSPS) is 15.7.